The van der Waals surface area contributed by atoms with Crippen LogP contribution in [0, 0.1) is 11.8 Å². The summed E-state index contributed by atoms with van der Waals surface area (Å²) < 4.78 is 11.7. The standard InChI is InChI=1S/C19H26O3/c1-12-13(2)15(4)19(20,14(12)3)17-9-7-6-8-16(17)18(5)21-10-11-22-18/h6-9,12,14,20H,10-11H2,1-5H3. The van der Waals surface area contributed by atoms with Crippen LogP contribution in [-0.2, 0) is 20.9 Å². The van der Waals surface area contributed by atoms with Gasteiger partial charge in [-0.2, -0.15) is 0 Å². The first-order valence-electron chi connectivity index (χ1n) is 8.10. The second kappa shape index (κ2) is 5.19. The topological polar surface area (TPSA) is 38.7 Å². The first kappa shape index (κ1) is 15.7. The molecule has 1 saturated heterocycles. The van der Waals surface area contributed by atoms with E-state index in [4.69, 9.17) is 9.47 Å². The predicted octanol–water partition coefficient (Wildman–Crippen LogP) is 3.72. The van der Waals surface area contributed by atoms with Gasteiger partial charge in [-0.3, -0.25) is 0 Å². The highest BCUT2D eigenvalue weighted by Crippen LogP contribution is 2.52. The van der Waals surface area contributed by atoms with Crippen molar-refractivity contribution >= 4 is 0 Å². The van der Waals surface area contributed by atoms with Gasteiger partial charge in [-0.05, 0) is 43.7 Å². The zero-order valence-corrected chi connectivity index (χ0v) is 14.1. The van der Waals surface area contributed by atoms with E-state index in [1.807, 2.05) is 38.1 Å². The van der Waals surface area contributed by atoms with Gasteiger partial charge in [-0.15, -0.1) is 0 Å². The second-order valence-electron chi connectivity index (χ2n) is 6.84. The molecule has 3 rings (SSSR count). The Morgan fingerprint density at radius 3 is 2.09 bits per heavy atom. The number of ether oxygens (including phenoxy) is 2. The number of aliphatic hydroxyl groups is 1. The summed E-state index contributed by atoms with van der Waals surface area (Å²) in [4.78, 5) is 0. The average Bonchev–Trinajstić information content (AvgIpc) is 3.03. The predicted molar refractivity (Wildman–Crippen MR) is 86.3 cm³/mol. The molecule has 0 aromatic heterocycles. The van der Waals surface area contributed by atoms with Crippen LogP contribution in [0.4, 0.5) is 0 Å². The maximum atomic E-state index is 11.6. The third kappa shape index (κ3) is 1.99. The SMILES string of the molecule is CC1=C(C)C(O)(c2ccccc2C2(C)OCCO2)C(C)C1C. The molecule has 0 bridgehead atoms. The van der Waals surface area contributed by atoms with E-state index >= 15 is 0 Å². The van der Waals surface area contributed by atoms with Gasteiger partial charge < -0.3 is 14.6 Å². The minimum absolute atomic E-state index is 0.124. The molecule has 0 amide bonds. The average molecular weight is 302 g/mol. The summed E-state index contributed by atoms with van der Waals surface area (Å²) in [6, 6.07) is 7.98. The number of benzene rings is 1. The molecule has 1 aromatic carbocycles. The van der Waals surface area contributed by atoms with Crippen LogP contribution in [-0.4, -0.2) is 18.3 Å². The van der Waals surface area contributed by atoms with E-state index in [2.05, 4.69) is 20.8 Å². The fraction of sp³-hybridized carbons (Fsp3) is 0.579. The second-order valence-corrected chi connectivity index (χ2v) is 6.84. The Bertz CT molecular complexity index is 613. The Balaban J connectivity index is 2.17. The molecule has 1 aliphatic heterocycles. The van der Waals surface area contributed by atoms with Gasteiger partial charge in [0.15, 0.2) is 5.79 Å². The first-order chi connectivity index (χ1) is 10.3. The highest BCUT2D eigenvalue weighted by molar-refractivity contribution is 5.46. The highest BCUT2D eigenvalue weighted by Gasteiger charge is 2.50. The molecular weight excluding hydrogens is 276 g/mol. The molecule has 0 saturated carbocycles. The van der Waals surface area contributed by atoms with E-state index in [9.17, 15) is 5.11 Å². The Labute approximate surface area is 132 Å². The van der Waals surface area contributed by atoms with Crippen molar-refractivity contribution in [2.24, 2.45) is 11.8 Å². The normalized spacial score (nSPS) is 34.5. The van der Waals surface area contributed by atoms with Crippen LogP contribution in [0.3, 0.4) is 0 Å². The van der Waals surface area contributed by atoms with E-state index in [1.165, 1.54) is 5.57 Å². The van der Waals surface area contributed by atoms with Gasteiger partial charge in [-0.25, -0.2) is 0 Å². The Kier molecular flexibility index (Phi) is 3.71. The largest absolute Gasteiger partial charge is 0.380 e. The van der Waals surface area contributed by atoms with Crippen molar-refractivity contribution in [2.45, 2.75) is 46.0 Å². The molecule has 3 atom stereocenters. The zero-order valence-electron chi connectivity index (χ0n) is 14.1. The van der Waals surface area contributed by atoms with Crippen LogP contribution in [0.1, 0.15) is 45.7 Å². The van der Waals surface area contributed by atoms with Crippen molar-refractivity contribution in [3.63, 3.8) is 0 Å². The highest BCUT2D eigenvalue weighted by atomic mass is 16.7. The number of hydrogen-bond acceptors (Lipinski definition) is 3. The third-order valence-corrected chi connectivity index (χ3v) is 5.92. The monoisotopic (exact) mass is 302 g/mol. The molecule has 0 radical (unpaired) electrons. The molecule has 3 unspecified atom stereocenters. The zero-order chi connectivity index (χ0) is 16.1. The molecule has 120 valence electrons. The van der Waals surface area contributed by atoms with Crippen molar-refractivity contribution in [1.82, 2.24) is 0 Å². The minimum atomic E-state index is -0.960. The van der Waals surface area contributed by atoms with Crippen LogP contribution in [0.5, 0.6) is 0 Å². The molecule has 1 aliphatic carbocycles. The van der Waals surface area contributed by atoms with Gasteiger partial charge in [0.05, 0.1) is 13.2 Å². The summed E-state index contributed by atoms with van der Waals surface area (Å²) in [6.45, 7) is 11.6. The molecule has 3 heteroatoms. The van der Waals surface area contributed by atoms with Gasteiger partial charge in [0.25, 0.3) is 0 Å². The quantitative estimate of drug-likeness (QED) is 0.846. The maximum absolute atomic E-state index is 11.6. The fourth-order valence-electron chi connectivity index (χ4n) is 4.05. The lowest BCUT2D eigenvalue weighted by Crippen LogP contribution is -2.37. The lowest BCUT2D eigenvalue weighted by molar-refractivity contribution is -0.152. The third-order valence-electron chi connectivity index (χ3n) is 5.92. The van der Waals surface area contributed by atoms with Crippen LogP contribution in [0.25, 0.3) is 0 Å². The lowest BCUT2D eigenvalue weighted by atomic mass is 9.76. The molecule has 2 aliphatic rings. The summed E-state index contributed by atoms with van der Waals surface area (Å²) >= 11 is 0. The van der Waals surface area contributed by atoms with Gasteiger partial charge in [-0.1, -0.05) is 43.7 Å². The van der Waals surface area contributed by atoms with Gasteiger partial charge in [0.1, 0.15) is 5.60 Å². The molecule has 22 heavy (non-hydrogen) atoms. The summed E-state index contributed by atoms with van der Waals surface area (Å²) in [7, 11) is 0. The van der Waals surface area contributed by atoms with Crippen LogP contribution in [0.2, 0.25) is 0 Å². The van der Waals surface area contributed by atoms with Gasteiger partial charge in [0, 0.05) is 5.56 Å². The molecule has 0 spiro atoms. The van der Waals surface area contributed by atoms with Crippen molar-refractivity contribution in [3.8, 4) is 0 Å². The van der Waals surface area contributed by atoms with Crippen molar-refractivity contribution in [2.75, 3.05) is 13.2 Å². The van der Waals surface area contributed by atoms with E-state index in [0.29, 0.717) is 19.1 Å². The fourth-order valence-corrected chi connectivity index (χ4v) is 4.05. The molecule has 1 fully saturated rings. The van der Waals surface area contributed by atoms with Crippen LogP contribution < -0.4 is 0 Å². The molecule has 1 heterocycles. The Morgan fingerprint density at radius 1 is 1.05 bits per heavy atom. The Morgan fingerprint density at radius 2 is 1.59 bits per heavy atom. The first-order valence-corrected chi connectivity index (χ1v) is 8.10. The van der Waals surface area contributed by atoms with Crippen molar-refractivity contribution < 1.29 is 14.6 Å². The molecule has 1 aromatic rings. The maximum Gasteiger partial charge on any atom is 0.192 e. The molecule has 1 N–H and O–H groups in total. The van der Waals surface area contributed by atoms with Gasteiger partial charge in [0.2, 0.25) is 0 Å². The number of rotatable bonds is 2. The van der Waals surface area contributed by atoms with Crippen LogP contribution >= 0.6 is 0 Å². The molecule has 3 nitrogen and oxygen atoms in total. The summed E-state index contributed by atoms with van der Waals surface area (Å²) in [5.41, 5.74) is 3.22. The number of hydrogen-bond donors (Lipinski definition) is 1. The molecular formula is C19H26O3. The van der Waals surface area contributed by atoms with Crippen molar-refractivity contribution in [3.05, 3.63) is 46.5 Å². The summed E-state index contributed by atoms with van der Waals surface area (Å²) in [6.07, 6.45) is 0. The van der Waals surface area contributed by atoms with Crippen molar-refractivity contribution in [1.29, 1.82) is 0 Å². The van der Waals surface area contributed by atoms with Gasteiger partial charge >= 0.3 is 0 Å². The van der Waals surface area contributed by atoms with Crippen LogP contribution in [0.15, 0.2) is 35.4 Å². The minimum Gasteiger partial charge on any atom is -0.380 e. The smallest absolute Gasteiger partial charge is 0.192 e. The number of allylic oxidation sites excluding steroid dienone is 1. The Hall–Kier alpha value is -1.16. The van der Waals surface area contributed by atoms with E-state index in [0.717, 1.165) is 16.7 Å². The lowest BCUT2D eigenvalue weighted by Gasteiger charge is -2.37. The summed E-state index contributed by atoms with van der Waals surface area (Å²) in [5, 5.41) is 11.6. The van der Waals surface area contributed by atoms with E-state index in [1.54, 1.807) is 0 Å². The summed E-state index contributed by atoms with van der Waals surface area (Å²) in [5.74, 6) is -0.290. The van der Waals surface area contributed by atoms with E-state index in [-0.39, 0.29) is 5.92 Å². The van der Waals surface area contributed by atoms with E-state index < -0.39 is 11.4 Å².